The Kier molecular flexibility index (Phi) is 4.32. The molecule has 2 heterocycles. The number of carbonyl (C=O) groups excluding carboxylic acids is 1. The van der Waals surface area contributed by atoms with Crippen LogP contribution in [0, 0.1) is 5.92 Å². The first kappa shape index (κ1) is 15.9. The number of carbonyl (C=O) groups is 1. The molecule has 3 rings (SSSR count). The fraction of sp³-hybridized carbons (Fsp3) is 0.375. The summed E-state index contributed by atoms with van der Waals surface area (Å²) < 4.78 is 22.3. The van der Waals surface area contributed by atoms with Crippen LogP contribution in [0.4, 0.5) is 0 Å². The van der Waals surface area contributed by atoms with Crippen molar-refractivity contribution >= 4 is 26.7 Å². The molecule has 0 aliphatic carbocycles. The third-order valence-corrected chi connectivity index (χ3v) is 5.12. The van der Waals surface area contributed by atoms with Crippen LogP contribution < -0.4 is 5.14 Å². The minimum atomic E-state index is -3.54. The second-order valence-electron chi connectivity index (χ2n) is 6.00. The average Bonchev–Trinajstić information content (AvgIpc) is 2.82. The zero-order valence-corrected chi connectivity index (χ0v) is 13.5. The summed E-state index contributed by atoms with van der Waals surface area (Å²) in [5.41, 5.74) is 1.16. The molecule has 1 amide bonds. The van der Waals surface area contributed by atoms with Gasteiger partial charge in [-0.15, -0.1) is 0 Å². The Morgan fingerprint density at radius 1 is 1.30 bits per heavy atom. The van der Waals surface area contributed by atoms with Crippen LogP contribution in [0.1, 0.15) is 12.0 Å². The number of rotatable bonds is 5. The number of nitrogens with zero attached hydrogens (tertiary/aromatic N) is 2. The number of hydrogen-bond acceptors (Lipinski definition) is 4. The van der Waals surface area contributed by atoms with Crippen molar-refractivity contribution in [2.24, 2.45) is 11.1 Å². The Bertz CT molecular complexity index is 830. The molecule has 1 aromatic heterocycles. The third-order valence-electron chi connectivity index (χ3n) is 4.18. The molecule has 1 aliphatic rings. The summed E-state index contributed by atoms with van der Waals surface area (Å²) in [5.74, 6) is -0.329. The van der Waals surface area contributed by atoms with Gasteiger partial charge in [-0.25, -0.2) is 13.6 Å². The van der Waals surface area contributed by atoms with Gasteiger partial charge in [-0.2, -0.15) is 0 Å². The molecule has 0 radical (unpaired) electrons. The monoisotopic (exact) mass is 333 g/mol. The Labute approximate surface area is 135 Å². The molecule has 1 saturated heterocycles. The molecule has 2 aromatic rings. The van der Waals surface area contributed by atoms with E-state index >= 15 is 0 Å². The molecule has 0 bridgehead atoms. The first-order valence-corrected chi connectivity index (χ1v) is 9.24. The van der Waals surface area contributed by atoms with Gasteiger partial charge in [0.05, 0.1) is 5.75 Å². The number of nitrogens with two attached hydrogens (primary N) is 1. The molecular weight excluding hydrogens is 314 g/mol. The molecule has 1 aromatic carbocycles. The van der Waals surface area contributed by atoms with Crippen LogP contribution in [0.5, 0.6) is 0 Å². The van der Waals surface area contributed by atoms with E-state index in [9.17, 15) is 13.2 Å². The summed E-state index contributed by atoms with van der Waals surface area (Å²) in [4.78, 5) is 17.9. The molecule has 0 spiro atoms. The van der Waals surface area contributed by atoms with E-state index < -0.39 is 10.0 Å². The summed E-state index contributed by atoms with van der Waals surface area (Å²) in [5, 5.41) is 7.28. The lowest BCUT2D eigenvalue weighted by molar-refractivity contribution is -0.127. The van der Waals surface area contributed by atoms with Crippen molar-refractivity contribution in [2.75, 3.05) is 18.8 Å². The second kappa shape index (κ2) is 6.25. The van der Waals surface area contributed by atoms with Gasteiger partial charge in [0.15, 0.2) is 0 Å². The van der Waals surface area contributed by atoms with Crippen LogP contribution in [0.25, 0.3) is 10.8 Å². The van der Waals surface area contributed by atoms with Crippen molar-refractivity contribution in [3.8, 4) is 0 Å². The van der Waals surface area contributed by atoms with Crippen LogP contribution in [0.15, 0.2) is 36.7 Å². The van der Waals surface area contributed by atoms with E-state index in [4.69, 9.17) is 5.14 Å². The van der Waals surface area contributed by atoms with Crippen molar-refractivity contribution in [2.45, 2.75) is 12.8 Å². The van der Waals surface area contributed by atoms with Gasteiger partial charge in [0.1, 0.15) is 0 Å². The van der Waals surface area contributed by atoms with Crippen molar-refractivity contribution < 1.29 is 13.2 Å². The van der Waals surface area contributed by atoms with Crippen LogP contribution in [0.3, 0.4) is 0 Å². The van der Waals surface area contributed by atoms with E-state index in [1.54, 1.807) is 11.1 Å². The molecule has 7 heteroatoms. The first-order valence-electron chi connectivity index (χ1n) is 7.52. The SMILES string of the molecule is NS(=O)(=O)CC1CC(=O)N(CCc2cccc3cnccc23)C1. The van der Waals surface area contributed by atoms with E-state index in [0.29, 0.717) is 13.1 Å². The maximum absolute atomic E-state index is 12.0. The van der Waals surface area contributed by atoms with Crippen molar-refractivity contribution in [3.63, 3.8) is 0 Å². The van der Waals surface area contributed by atoms with E-state index in [1.807, 2.05) is 30.5 Å². The summed E-state index contributed by atoms with van der Waals surface area (Å²) in [6.07, 6.45) is 4.57. The van der Waals surface area contributed by atoms with Gasteiger partial charge in [0.25, 0.3) is 0 Å². The van der Waals surface area contributed by atoms with E-state index in [1.165, 1.54) is 0 Å². The molecule has 2 N–H and O–H groups in total. The molecule has 0 saturated carbocycles. The first-order chi connectivity index (χ1) is 10.9. The Morgan fingerprint density at radius 2 is 2.13 bits per heavy atom. The summed E-state index contributed by atoms with van der Waals surface area (Å²) in [6, 6.07) is 8.01. The van der Waals surface area contributed by atoms with Crippen LogP contribution in [-0.2, 0) is 21.2 Å². The molecule has 1 fully saturated rings. The van der Waals surface area contributed by atoms with Crippen molar-refractivity contribution in [3.05, 3.63) is 42.2 Å². The van der Waals surface area contributed by atoms with Crippen LogP contribution in [-0.4, -0.2) is 43.1 Å². The third kappa shape index (κ3) is 3.86. The Morgan fingerprint density at radius 3 is 2.91 bits per heavy atom. The smallest absolute Gasteiger partial charge is 0.222 e. The average molecular weight is 333 g/mol. The molecule has 6 nitrogen and oxygen atoms in total. The molecule has 1 aliphatic heterocycles. The predicted octanol–water partition coefficient (Wildman–Crippen LogP) is 0.914. The predicted molar refractivity (Wildman–Crippen MR) is 88.1 cm³/mol. The van der Waals surface area contributed by atoms with Gasteiger partial charge in [0.2, 0.25) is 15.9 Å². The van der Waals surface area contributed by atoms with Gasteiger partial charge in [-0.3, -0.25) is 9.78 Å². The number of sulfonamides is 1. The maximum atomic E-state index is 12.0. The highest BCUT2D eigenvalue weighted by Crippen LogP contribution is 2.22. The fourth-order valence-electron chi connectivity index (χ4n) is 3.17. The normalized spacial score (nSPS) is 18.7. The lowest BCUT2D eigenvalue weighted by Gasteiger charge is -2.17. The lowest BCUT2D eigenvalue weighted by Crippen LogP contribution is -2.29. The number of amides is 1. The zero-order chi connectivity index (χ0) is 16.4. The Balaban J connectivity index is 1.67. The standard InChI is InChI=1S/C16H19N3O3S/c17-23(21,22)11-12-8-16(20)19(10-12)7-5-13-2-1-3-14-9-18-6-4-15(13)14/h1-4,6,9,12H,5,7-8,10-11H2,(H2,17,21,22). The van der Waals surface area contributed by atoms with E-state index in [2.05, 4.69) is 4.98 Å². The fourth-order valence-corrected chi connectivity index (χ4v) is 4.05. The summed E-state index contributed by atoms with van der Waals surface area (Å²) in [6.45, 7) is 1.04. The number of likely N-dealkylation sites (tertiary alicyclic amines) is 1. The molecule has 1 atom stereocenters. The molecule has 23 heavy (non-hydrogen) atoms. The Hall–Kier alpha value is -1.99. The number of benzene rings is 1. The molecule has 1 unspecified atom stereocenters. The van der Waals surface area contributed by atoms with E-state index in [0.717, 1.165) is 22.8 Å². The number of fused-ring (bicyclic) bond motifs is 1. The van der Waals surface area contributed by atoms with Gasteiger partial charge >= 0.3 is 0 Å². The van der Waals surface area contributed by atoms with Crippen LogP contribution in [0.2, 0.25) is 0 Å². The molecule has 122 valence electrons. The van der Waals surface area contributed by atoms with Gasteiger partial charge in [-0.1, -0.05) is 18.2 Å². The highest BCUT2D eigenvalue weighted by molar-refractivity contribution is 7.89. The maximum Gasteiger partial charge on any atom is 0.222 e. The zero-order valence-electron chi connectivity index (χ0n) is 12.7. The summed E-state index contributed by atoms with van der Waals surface area (Å²) in [7, 11) is -3.54. The number of aromatic nitrogens is 1. The largest absolute Gasteiger partial charge is 0.342 e. The van der Waals surface area contributed by atoms with Gasteiger partial charge < -0.3 is 4.90 Å². The van der Waals surface area contributed by atoms with Crippen LogP contribution >= 0.6 is 0 Å². The quantitative estimate of drug-likeness (QED) is 0.880. The topological polar surface area (TPSA) is 93.4 Å². The number of primary sulfonamides is 1. The van der Waals surface area contributed by atoms with Gasteiger partial charge in [0, 0.05) is 43.2 Å². The minimum absolute atomic E-state index is 0.000512. The highest BCUT2D eigenvalue weighted by Gasteiger charge is 2.31. The molecular formula is C16H19N3O3S. The summed E-state index contributed by atoms with van der Waals surface area (Å²) >= 11 is 0. The van der Waals surface area contributed by atoms with Gasteiger partial charge in [-0.05, 0) is 23.4 Å². The lowest BCUT2D eigenvalue weighted by atomic mass is 10.0. The number of pyridine rings is 1. The number of hydrogen-bond donors (Lipinski definition) is 1. The van der Waals surface area contributed by atoms with Crippen molar-refractivity contribution in [1.82, 2.24) is 9.88 Å². The van der Waals surface area contributed by atoms with E-state index in [-0.39, 0.29) is 24.0 Å². The van der Waals surface area contributed by atoms with Crippen molar-refractivity contribution in [1.29, 1.82) is 0 Å². The second-order valence-corrected chi connectivity index (χ2v) is 7.66. The highest BCUT2D eigenvalue weighted by atomic mass is 32.2. The minimum Gasteiger partial charge on any atom is -0.342 e.